The van der Waals surface area contributed by atoms with Gasteiger partial charge in [-0.2, -0.15) is 0 Å². The second kappa shape index (κ2) is 9.67. The maximum atomic E-state index is 13.0. The molecule has 0 radical (unpaired) electrons. The predicted octanol–water partition coefficient (Wildman–Crippen LogP) is 5.36. The largest absolute Gasteiger partial charge is 0.350 e. The topological polar surface area (TPSA) is 78.5 Å². The molecule has 1 heterocycles. The average molecular weight is 501 g/mol. The van der Waals surface area contributed by atoms with Crippen molar-refractivity contribution in [3.05, 3.63) is 105 Å². The summed E-state index contributed by atoms with van der Waals surface area (Å²) in [4.78, 5) is 39.1. The van der Waals surface area contributed by atoms with Crippen molar-refractivity contribution in [2.75, 3.05) is 10.2 Å². The van der Waals surface area contributed by atoms with Gasteiger partial charge in [0.2, 0.25) is 0 Å². The Morgan fingerprint density at radius 1 is 0.848 bits per heavy atom. The normalized spacial score (nSPS) is 13.5. The molecule has 0 unspecified atom stereocenters. The first-order valence-electron chi connectivity index (χ1n) is 9.78. The molecule has 0 aromatic heterocycles. The average Bonchev–Trinajstić information content (AvgIpc) is 3.03. The van der Waals surface area contributed by atoms with Gasteiger partial charge in [0.25, 0.3) is 17.7 Å². The molecular weight excluding hydrogens is 485 g/mol. The van der Waals surface area contributed by atoms with Gasteiger partial charge < -0.3 is 10.6 Å². The molecule has 0 bridgehead atoms. The number of hydrogen-bond acceptors (Lipinski definition) is 4. The smallest absolute Gasteiger partial charge is 0.283 e. The summed E-state index contributed by atoms with van der Waals surface area (Å²) in [6.45, 7) is 0.372. The van der Waals surface area contributed by atoms with Crippen molar-refractivity contribution >= 4 is 63.9 Å². The number of benzene rings is 3. The molecule has 4 rings (SSSR count). The molecule has 0 spiro atoms. The Balaban J connectivity index is 1.52. The van der Waals surface area contributed by atoms with E-state index in [2.05, 4.69) is 10.6 Å². The van der Waals surface area contributed by atoms with Crippen LogP contribution < -0.4 is 15.5 Å². The van der Waals surface area contributed by atoms with E-state index in [1.165, 1.54) is 12.1 Å². The van der Waals surface area contributed by atoms with Gasteiger partial charge in [-0.05, 0) is 42.0 Å². The molecule has 6 nitrogen and oxygen atoms in total. The van der Waals surface area contributed by atoms with E-state index in [-0.39, 0.29) is 27.3 Å². The molecule has 3 aromatic carbocycles. The Labute approximate surface area is 204 Å². The third-order valence-corrected chi connectivity index (χ3v) is 5.77. The Bertz CT molecular complexity index is 1290. The molecule has 3 amide bonds. The van der Waals surface area contributed by atoms with Crippen LogP contribution in [0.5, 0.6) is 0 Å². The van der Waals surface area contributed by atoms with E-state index < -0.39 is 11.8 Å². The minimum Gasteiger partial charge on any atom is -0.350 e. The summed E-state index contributed by atoms with van der Waals surface area (Å²) in [7, 11) is 0. The van der Waals surface area contributed by atoms with Gasteiger partial charge >= 0.3 is 0 Å². The second-order valence-electron chi connectivity index (χ2n) is 7.10. The van der Waals surface area contributed by atoms with E-state index >= 15 is 0 Å². The molecule has 33 heavy (non-hydrogen) atoms. The molecule has 0 atom stereocenters. The standard InChI is InChI=1S/C24H16Cl3N3O3/c25-16-9-10-18(26)19(12-16)30-23(32)20(27)21(24(30)33)29-17-8-4-7-15(11-17)22(31)28-13-14-5-2-1-3-6-14/h1-12,29H,13H2,(H,28,31). The van der Waals surface area contributed by atoms with Crippen molar-refractivity contribution in [3.63, 3.8) is 0 Å². The van der Waals surface area contributed by atoms with Crippen LogP contribution in [0.3, 0.4) is 0 Å². The van der Waals surface area contributed by atoms with Crippen LogP contribution in [0.1, 0.15) is 15.9 Å². The maximum absolute atomic E-state index is 13.0. The number of amides is 3. The van der Waals surface area contributed by atoms with Crippen LogP contribution in [0.2, 0.25) is 10.0 Å². The van der Waals surface area contributed by atoms with Gasteiger partial charge in [0.05, 0.1) is 10.7 Å². The summed E-state index contributed by atoms with van der Waals surface area (Å²) in [6.07, 6.45) is 0. The van der Waals surface area contributed by atoms with Crippen LogP contribution in [0, 0.1) is 0 Å². The number of carbonyl (C=O) groups is 3. The Hall–Kier alpha value is -3.32. The summed E-state index contributed by atoms with van der Waals surface area (Å²) < 4.78 is 0. The van der Waals surface area contributed by atoms with Crippen molar-refractivity contribution in [1.29, 1.82) is 0 Å². The molecule has 0 saturated carbocycles. The van der Waals surface area contributed by atoms with E-state index in [0.717, 1.165) is 10.5 Å². The molecule has 0 aliphatic carbocycles. The molecule has 1 aliphatic heterocycles. The minimum absolute atomic E-state index is 0.125. The first-order valence-corrected chi connectivity index (χ1v) is 10.9. The SMILES string of the molecule is O=C(NCc1ccccc1)c1cccc(NC2=C(Cl)C(=O)N(c3cc(Cl)ccc3Cl)C2=O)c1. The molecule has 166 valence electrons. The molecular formula is C24H16Cl3N3O3. The number of nitrogens with one attached hydrogen (secondary N) is 2. The molecule has 1 aliphatic rings. The Kier molecular flexibility index (Phi) is 6.70. The van der Waals surface area contributed by atoms with Gasteiger partial charge in [-0.15, -0.1) is 0 Å². The lowest BCUT2D eigenvalue weighted by atomic mass is 10.1. The zero-order chi connectivity index (χ0) is 23.5. The lowest BCUT2D eigenvalue weighted by molar-refractivity contribution is -0.120. The van der Waals surface area contributed by atoms with Crippen LogP contribution in [0.25, 0.3) is 0 Å². The zero-order valence-electron chi connectivity index (χ0n) is 16.9. The highest BCUT2D eigenvalue weighted by molar-refractivity contribution is 6.54. The van der Waals surface area contributed by atoms with E-state index in [0.29, 0.717) is 22.8 Å². The van der Waals surface area contributed by atoms with Gasteiger partial charge in [-0.25, -0.2) is 4.90 Å². The van der Waals surface area contributed by atoms with Crippen LogP contribution in [-0.2, 0) is 16.1 Å². The van der Waals surface area contributed by atoms with Gasteiger partial charge in [-0.3, -0.25) is 14.4 Å². The number of carbonyl (C=O) groups excluding carboxylic acids is 3. The van der Waals surface area contributed by atoms with Crippen LogP contribution in [-0.4, -0.2) is 17.7 Å². The predicted molar refractivity (Wildman–Crippen MR) is 130 cm³/mol. The quantitative estimate of drug-likeness (QED) is 0.447. The molecule has 3 aromatic rings. The summed E-state index contributed by atoms with van der Waals surface area (Å²) in [5.74, 6) is -1.71. The van der Waals surface area contributed by atoms with Gasteiger partial charge in [0, 0.05) is 22.8 Å². The van der Waals surface area contributed by atoms with E-state index in [1.54, 1.807) is 30.3 Å². The molecule has 0 saturated heterocycles. The van der Waals surface area contributed by atoms with Crippen molar-refractivity contribution < 1.29 is 14.4 Å². The zero-order valence-corrected chi connectivity index (χ0v) is 19.2. The van der Waals surface area contributed by atoms with E-state index in [9.17, 15) is 14.4 Å². The fraction of sp³-hybridized carbons (Fsp3) is 0.0417. The summed E-state index contributed by atoms with van der Waals surface area (Å²) in [5, 5.41) is 5.87. The first-order chi connectivity index (χ1) is 15.8. The Morgan fingerprint density at radius 3 is 2.36 bits per heavy atom. The summed E-state index contributed by atoms with van der Waals surface area (Å²) in [6, 6.07) is 20.4. The number of rotatable bonds is 6. The van der Waals surface area contributed by atoms with E-state index in [1.807, 2.05) is 30.3 Å². The monoisotopic (exact) mass is 499 g/mol. The van der Waals surface area contributed by atoms with Crippen molar-refractivity contribution in [3.8, 4) is 0 Å². The maximum Gasteiger partial charge on any atom is 0.283 e. The van der Waals surface area contributed by atoms with Crippen LogP contribution in [0.15, 0.2) is 83.5 Å². The number of imide groups is 1. The minimum atomic E-state index is -0.731. The fourth-order valence-electron chi connectivity index (χ4n) is 3.25. The first kappa shape index (κ1) is 22.9. The lowest BCUT2D eigenvalue weighted by Crippen LogP contribution is -2.32. The number of anilines is 2. The molecule has 2 N–H and O–H groups in total. The van der Waals surface area contributed by atoms with Gasteiger partial charge in [-0.1, -0.05) is 71.2 Å². The lowest BCUT2D eigenvalue weighted by Gasteiger charge is -2.17. The summed E-state index contributed by atoms with van der Waals surface area (Å²) in [5.41, 5.74) is 1.75. The highest BCUT2D eigenvalue weighted by Crippen LogP contribution is 2.35. The molecule has 0 fully saturated rings. The van der Waals surface area contributed by atoms with E-state index in [4.69, 9.17) is 34.8 Å². The third kappa shape index (κ3) is 4.88. The van der Waals surface area contributed by atoms with Crippen LogP contribution in [0.4, 0.5) is 11.4 Å². The highest BCUT2D eigenvalue weighted by atomic mass is 35.5. The Morgan fingerprint density at radius 2 is 1.61 bits per heavy atom. The van der Waals surface area contributed by atoms with Crippen LogP contribution >= 0.6 is 34.8 Å². The van der Waals surface area contributed by atoms with Crippen molar-refractivity contribution in [1.82, 2.24) is 5.32 Å². The number of halogens is 3. The number of hydrogen-bond donors (Lipinski definition) is 2. The van der Waals surface area contributed by atoms with Crippen molar-refractivity contribution in [2.45, 2.75) is 6.54 Å². The second-order valence-corrected chi connectivity index (χ2v) is 8.33. The van der Waals surface area contributed by atoms with Gasteiger partial charge in [0.1, 0.15) is 10.7 Å². The third-order valence-electron chi connectivity index (χ3n) is 4.87. The number of nitrogens with zero attached hydrogens (tertiary/aromatic N) is 1. The highest BCUT2D eigenvalue weighted by Gasteiger charge is 2.40. The van der Waals surface area contributed by atoms with Crippen molar-refractivity contribution in [2.24, 2.45) is 0 Å². The fourth-order valence-corrected chi connectivity index (χ4v) is 3.83. The van der Waals surface area contributed by atoms with Gasteiger partial charge in [0.15, 0.2) is 0 Å². The summed E-state index contributed by atoms with van der Waals surface area (Å²) >= 11 is 18.3. The molecule has 9 heteroatoms.